The van der Waals surface area contributed by atoms with Gasteiger partial charge in [-0.05, 0) is 65.5 Å². The number of carbonyl (C=O) groups excluding carboxylic acids is 1. The van der Waals surface area contributed by atoms with Crippen molar-refractivity contribution in [2.24, 2.45) is 0 Å². The van der Waals surface area contributed by atoms with Crippen molar-refractivity contribution in [3.8, 4) is 11.5 Å². The minimum atomic E-state index is -0.126. The number of nitrogens with one attached hydrogen (secondary N) is 1. The summed E-state index contributed by atoms with van der Waals surface area (Å²) < 4.78 is 11.9. The van der Waals surface area contributed by atoms with Crippen LogP contribution in [0.15, 0.2) is 30.5 Å². The molecule has 0 radical (unpaired) electrons. The van der Waals surface area contributed by atoms with Crippen molar-refractivity contribution in [3.05, 3.63) is 39.6 Å². The molecule has 1 heterocycles. The fourth-order valence-corrected chi connectivity index (χ4v) is 3.23. The van der Waals surface area contributed by atoms with Crippen molar-refractivity contribution >= 4 is 51.9 Å². The first-order chi connectivity index (χ1) is 11.0. The van der Waals surface area contributed by atoms with Crippen LogP contribution in [0.2, 0.25) is 0 Å². The number of likely N-dealkylation sites (N-methyl/N-ethyl adjacent to an activating group) is 1. The number of amides is 1. The summed E-state index contributed by atoms with van der Waals surface area (Å²) in [7, 11) is 1.58. The van der Waals surface area contributed by atoms with Crippen LogP contribution in [-0.2, 0) is 4.79 Å². The molecule has 122 valence electrons. The van der Waals surface area contributed by atoms with E-state index in [4.69, 9.17) is 21.7 Å². The predicted molar refractivity (Wildman–Crippen MR) is 103 cm³/mol. The summed E-state index contributed by atoms with van der Waals surface area (Å²) >= 11 is 7.32. The summed E-state index contributed by atoms with van der Waals surface area (Å²) in [5.41, 5.74) is 1.28. The highest BCUT2D eigenvalue weighted by molar-refractivity contribution is 14.1. The Morgan fingerprint density at radius 1 is 1.48 bits per heavy atom. The van der Waals surface area contributed by atoms with E-state index < -0.39 is 0 Å². The highest BCUT2D eigenvalue weighted by Gasteiger charge is 2.29. The molecule has 23 heavy (non-hydrogen) atoms. The van der Waals surface area contributed by atoms with E-state index in [1.54, 1.807) is 19.3 Å². The van der Waals surface area contributed by atoms with Crippen LogP contribution in [0, 0.1) is 3.57 Å². The van der Waals surface area contributed by atoms with Crippen LogP contribution in [0.5, 0.6) is 11.5 Å². The molecule has 0 spiro atoms. The number of thiocarbonyl (C=S) groups is 1. The second kappa shape index (κ2) is 7.78. The molecule has 0 atom stereocenters. The lowest BCUT2D eigenvalue weighted by atomic mass is 10.1. The first-order valence-corrected chi connectivity index (χ1v) is 8.46. The monoisotopic (exact) mass is 444 g/mol. The van der Waals surface area contributed by atoms with Gasteiger partial charge in [0.05, 0.1) is 10.7 Å². The first-order valence-electron chi connectivity index (χ1n) is 6.97. The van der Waals surface area contributed by atoms with Crippen LogP contribution >= 0.6 is 34.8 Å². The number of benzene rings is 1. The van der Waals surface area contributed by atoms with E-state index in [0.717, 1.165) is 9.13 Å². The molecule has 0 saturated carbocycles. The highest BCUT2D eigenvalue weighted by Crippen LogP contribution is 2.34. The zero-order valence-electron chi connectivity index (χ0n) is 12.9. The van der Waals surface area contributed by atoms with Crippen molar-refractivity contribution in [3.63, 3.8) is 0 Å². The molecule has 0 aromatic heterocycles. The number of ether oxygens (including phenoxy) is 2. The number of halogens is 1. The molecular formula is C16H17IN2O3S. The standard InChI is InChI=1S/C16H17IN2O3S/c1-4-6-22-14-11(17)7-10(9-13(14)21-3)8-12-15(20)19(5-2)16(23)18-12/h4,7-9H,1,5-6H2,2-3H3,(H,18,23). The largest absolute Gasteiger partial charge is 0.493 e. The van der Waals surface area contributed by atoms with E-state index in [1.807, 2.05) is 19.1 Å². The van der Waals surface area contributed by atoms with Gasteiger partial charge in [0.2, 0.25) is 0 Å². The summed E-state index contributed by atoms with van der Waals surface area (Å²) in [6.45, 7) is 6.45. The maximum absolute atomic E-state index is 12.2. The average molecular weight is 444 g/mol. The van der Waals surface area contributed by atoms with Gasteiger partial charge in [-0.15, -0.1) is 0 Å². The average Bonchev–Trinajstić information content (AvgIpc) is 2.79. The van der Waals surface area contributed by atoms with Gasteiger partial charge < -0.3 is 14.8 Å². The Morgan fingerprint density at radius 2 is 2.22 bits per heavy atom. The van der Waals surface area contributed by atoms with Crippen LogP contribution in [-0.4, -0.2) is 36.2 Å². The van der Waals surface area contributed by atoms with E-state index in [1.165, 1.54) is 4.90 Å². The zero-order chi connectivity index (χ0) is 17.0. The minimum Gasteiger partial charge on any atom is -0.493 e. The Labute approximate surface area is 154 Å². The highest BCUT2D eigenvalue weighted by atomic mass is 127. The van der Waals surface area contributed by atoms with Crippen molar-refractivity contribution in [2.75, 3.05) is 20.3 Å². The van der Waals surface area contributed by atoms with E-state index in [0.29, 0.717) is 35.5 Å². The molecule has 1 amide bonds. The molecule has 5 nitrogen and oxygen atoms in total. The molecule has 1 aliphatic rings. The second-order valence-electron chi connectivity index (χ2n) is 4.67. The Kier molecular flexibility index (Phi) is 6.00. The van der Waals surface area contributed by atoms with Gasteiger partial charge >= 0.3 is 0 Å². The number of rotatable bonds is 6. The smallest absolute Gasteiger partial charge is 0.276 e. The van der Waals surface area contributed by atoms with Gasteiger partial charge in [0.25, 0.3) is 5.91 Å². The Hall–Kier alpha value is -1.61. The van der Waals surface area contributed by atoms with Gasteiger partial charge in [0, 0.05) is 6.54 Å². The lowest BCUT2D eigenvalue weighted by Crippen LogP contribution is -2.30. The Balaban J connectivity index is 2.36. The Bertz CT molecular complexity index is 688. The molecule has 1 aliphatic heterocycles. The maximum atomic E-state index is 12.2. The number of methoxy groups -OCH3 is 1. The SMILES string of the molecule is C=CCOc1c(I)cc(C=C2NC(=S)N(CC)C2=O)cc1OC. The van der Waals surface area contributed by atoms with Gasteiger partial charge in [-0.2, -0.15) is 0 Å². The van der Waals surface area contributed by atoms with Crippen LogP contribution in [0.3, 0.4) is 0 Å². The third-order valence-corrected chi connectivity index (χ3v) is 4.31. The van der Waals surface area contributed by atoms with Gasteiger partial charge in [-0.25, -0.2) is 0 Å². The van der Waals surface area contributed by atoms with E-state index >= 15 is 0 Å². The molecule has 1 aromatic rings. The molecule has 1 saturated heterocycles. The number of hydrogen-bond acceptors (Lipinski definition) is 4. The molecule has 0 aliphatic carbocycles. The summed E-state index contributed by atoms with van der Waals surface area (Å²) in [6, 6.07) is 3.74. The molecule has 1 fully saturated rings. The molecule has 7 heteroatoms. The molecule has 1 aromatic carbocycles. The second-order valence-corrected chi connectivity index (χ2v) is 6.22. The minimum absolute atomic E-state index is 0.126. The summed E-state index contributed by atoms with van der Waals surface area (Å²) in [6.07, 6.45) is 3.43. The number of nitrogens with zero attached hydrogens (tertiary/aromatic N) is 1. The molecule has 1 N–H and O–H groups in total. The van der Waals surface area contributed by atoms with Crippen LogP contribution in [0.25, 0.3) is 6.08 Å². The fourth-order valence-electron chi connectivity index (χ4n) is 2.13. The number of carbonyl (C=O) groups is 1. The van der Waals surface area contributed by atoms with E-state index in [-0.39, 0.29) is 5.91 Å². The number of hydrogen-bond donors (Lipinski definition) is 1. The summed E-state index contributed by atoms with van der Waals surface area (Å²) in [5.74, 6) is 1.14. The van der Waals surface area contributed by atoms with Gasteiger partial charge in [0.15, 0.2) is 16.6 Å². The third-order valence-electron chi connectivity index (χ3n) is 3.19. The lowest BCUT2D eigenvalue weighted by Gasteiger charge is -2.12. The maximum Gasteiger partial charge on any atom is 0.276 e. The van der Waals surface area contributed by atoms with Gasteiger partial charge in [-0.1, -0.05) is 12.7 Å². The fraction of sp³-hybridized carbons (Fsp3) is 0.250. The van der Waals surface area contributed by atoms with Crippen molar-refractivity contribution in [2.45, 2.75) is 6.92 Å². The van der Waals surface area contributed by atoms with Gasteiger partial charge in [0.1, 0.15) is 12.3 Å². The zero-order valence-corrected chi connectivity index (χ0v) is 15.9. The van der Waals surface area contributed by atoms with E-state index in [9.17, 15) is 4.79 Å². The van der Waals surface area contributed by atoms with Gasteiger partial charge in [-0.3, -0.25) is 9.69 Å². The van der Waals surface area contributed by atoms with Crippen molar-refractivity contribution < 1.29 is 14.3 Å². The molecule has 0 bridgehead atoms. The topological polar surface area (TPSA) is 50.8 Å². The summed E-state index contributed by atoms with van der Waals surface area (Å²) in [5, 5.41) is 3.37. The first kappa shape index (κ1) is 17.7. The molecule has 0 unspecified atom stereocenters. The van der Waals surface area contributed by atoms with Crippen LogP contribution in [0.1, 0.15) is 12.5 Å². The van der Waals surface area contributed by atoms with Crippen LogP contribution in [0.4, 0.5) is 0 Å². The normalized spacial score (nSPS) is 15.8. The lowest BCUT2D eigenvalue weighted by molar-refractivity contribution is -0.122. The third kappa shape index (κ3) is 3.84. The quantitative estimate of drug-likeness (QED) is 0.317. The van der Waals surface area contributed by atoms with Crippen molar-refractivity contribution in [1.82, 2.24) is 10.2 Å². The van der Waals surface area contributed by atoms with E-state index in [2.05, 4.69) is 34.5 Å². The predicted octanol–water partition coefficient (Wildman–Crippen LogP) is 2.94. The molecular weight excluding hydrogens is 427 g/mol. The van der Waals surface area contributed by atoms with Crippen molar-refractivity contribution in [1.29, 1.82) is 0 Å². The summed E-state index contributed by atoms with van der Waals surface area (Å²) in [4.78, 5) is 13.8. The molecule has 2 rings (SSSR count). The van der Waals surface area contributed by atoms with Crippen LogP contribution < -0.4 is 14.8 Å². The Morgan fingerprint density at radius 3 is 2.78 bits per heavy atom.